The number of hydrogen-bond donors (Lipinski definition) is 1. The molecule has 0 aromatic heterocycles. The number of hydrogen-bond acceptors (Lipinski definition) is 5. The molecule has 27 heavy (non-hydrogen) atoms. The minimum Gasteiger partial charge on any atom is -0.497 e. The van der Waals surface area contributed by atoms with Gasteiger partial charge in [-0.05, 0) is 29.3 Å². The summed E-state index contributed by atoms with van der Waals surface area (Å²) in [5.74, 6) is 0.397. The highest BCUT2D eigenvalue weighted by molar-refractivity contribution is 5.87. The molecule has 0 saturated carbocycles. The topological polar surface area (TPSA) is 91.7 Å². The number of ether oxygens (including phenoxy) is 2. The first-order valence-electron chi connectivity index (χ1n) is 8.44. The highest BCUT2D eigenvalue weighted by Crippen LogP contribution is 2.19. The highest BCUT2D eigenvalue weighted by Gasteiger charge is 2.38. The second-order valence-electron chi connectivity index (χ2n) is 6.06. The van der Waals surface area contributed by atoms with E-state index in [-0.39, 0.29) is 19.1 Å². The van der Waals surface area contributed by atoms with Crippen LogP contribution in [0.15, 0.2) is 48.5 Å². The van der Waals surface area contributed by atoms with Crippen molar-refractivity contribution in [1.29, 1.82) is 5.26 Å². The van der Waals surface area contributed by atoms with Crippen LogP contribution in [0.25, 0.3) is 0 Å². The summed E-state index contributed by atoms with van der Waals surface area (Å²) in [7, 11) is 1.58. The maximum Gasteiger partial charge on any atom is 0.410 e. The second-order valence-corrected chi connectivity index (χ2v) is 6.06. The van der Waals surface area contributed by atoms with Crippen molar-refractivity contribution in [2.45, 2.75) is 19.1 Å². The Hall–Kier alpha value is -3.53. The summed E-state index contributed by atoms with van der Waals surface area (Å²) in [6.45, 7) is 0.431. The van der Waals surface area contributed by atoms with Crippen LogP contribution in [-0.4, -0.2) is 36.7 Å². The lowest BCUT2D eigenvalue weighted by Gasteiger charge is -2.21. The monoisotopic (exact) mass is 365 g/mol. The van der Waals surface area contributed by atoms with Gasteiger partial charge in [-0.1, -0.05) is 30.3 Å². The van der Waals surface area contributed by atoms with Gasteiger partial charge in [0.1, 0.15) is 18.4 Å². The summed E-state index contributed by atoms with van der Waals surface area (Å²) in [4.78, 5) is 26.0. The third kappa shape index (κ3) is 4.18. The van der Waals surface area contributed by atoms with Crippen molar-refractivity contribution in [3.05, 3.63) is 65.2 Å². The lowest BCUT2D eigenvalue weighted by molar-refractivity contribution is -0.125. The van der Waals surface area contributed by atoms with Crippen molar-refractivity contribution >= 4 is 12.0 Å². The van der Waals surface area contributed by atoms with Crippen LogP contribution in [-0.2, 0) is 22.6 Å². The van der Waals surface area contributed by atoms with Gasteiger partial charge in [0, 0.05) is 6.54 Å². The molecule has 0 radical (unpaired) electrons. The molecule has 1 aliphatic heterocycles. The Bertz CT molecular complexity index is 891. The number of nitrogens with one attached hydrogen (secondary N) is 1. The summed E-state index contributed by atoms with van der Waals surface area (Å²) < 4.78 is 10.2. The first-order chi connectivity index (χ1) is 13.1. The Labute approximate surface area is 157 Å². The molecule has 2 aromatic carbocycles. The predicted molar refractivity (Wildman–Crippen MR) is 96.7 cm³/mol. The van der Waals surface area contributed by atoms with E-state index in [0.29, 0.717) is 23.4 Å². The molecular weight excluding hydrogens is 346 g/mol. The minimum atomic E-state index is -0.741. The smallest absolute Gasteiger partial charge is 0.410 e. The van der Waals surface area contributed by atoms with Gasteiger partial charge in [0.05, 0.1) is 25.3 Å². The van der Waals surface area contributed by atoms with Crippen molar-refractivity contribution in [3.8, 4) is 11.8 Å². The molecule has 0 unspecified atom stereocenters. The van der Waals surface area contributed by atoms with Crippen LogP contribution in [0.3, 0.4) is 0 Å². The fourth-order valence-corrected chi connectivity index (χ4v) is 2.88. The van der Waals surface area contributed by atoms with Crippen molar-refractivity contribution in [1.82, 2.24) is 10.2 Å². The zero-order chi connectivity index (χ0) is 19.2. The molecular formula is C20H19N3O4. The molecule has 0 spiro atoms. The van der Waals surface area contributed by atoms with E-state index < -0.39 is 12.1 Å². The maximum absolute atomic E-state index is 12.6. The van der Waals surface area contributed by atoms with Crippen molar-refractivity contribution in [3.63, 3.8) is 0 Å². The molecule has 0 bridgehead atoms. The van der Waals surface area contributed by atoms with E-state index in [1.54, 1.807) is 31.4 Å². The standard InChI is InChI=1S/C20H19N3O4/c1-26-17-8-4-5-14(9-17)11-22-19(24)18-13-27-20(25)23(18)12-16-7-3-2-6-15(16)10-21/h2-9,18H,11-13H2,1H3,(H,22,24)/t18-/m0/s1. The molecule has 1 aliphatic rings. The zero-order valence-electron chi connectivity index (χ0n) is 14.8. The maximum atomic E-state index is 12.6. The van der Waals surface area contributed by atoms with Crippen molar-refractivity contribution in [2.75, 3.05) is 13.7 Å². The Morgan fingerprint density at radius 1 is 1.33 bits per heavy atom. The number of cyclic esters (lactones) is 1. The molecule has 0 aliphatic carbocycles. The first kappa shape index (κ1) is 18.3. The molecule has 1 heterocycles. The third-order valence-corrected chi connectivity index (χ3v) is 4.36. The number of carbonyl (C=O) groups is 2. The van der Waals surface area contributed by atoms with Gasteiger partial charge >= 0.3 is 6.09 Å². The lowest BCUT2D eigenvalue weighted by Crippen LogP contribution is -2.45. The summed E-state index contributed by atoms with van der Waals surface area (Å²) in [6.07, 6.45) is -0.565. The molecule has 2 aromatic rings. The van der Waals surface area contributed by atoms with E-state index in [1.807, 2.05) is 24.3 Å². The first-order valence-corrected chi connectivity index (χ1v) is 8.44. The molecule has 2 amide bonds. The van der Waals surface area contributed by atoms with E-state index in [1.165, 1.54) is 4.90 Å². The largest absolute Gasteiger partial charge is 0.497 e. The van der Waals surface area contributed by atoms with Crippen molar-refractivity contribution in [2.24, 2.45) is 0 Å². The summed E-state index contributed by atoms with van der Waals surface area (Å²) in [6, 6.07) is 15.7. The van der Waals surface area contributed by atoms with Crippen LogP contribution in [0.2, 0.25) is 0 Å². The molecule has 1 atom stereocenters. The normalized spacial score (nSPS) is 15.8. The number of carbonyl (C=O) groups excluding carboxylic acids is 2. The second kappa shape index (κ2) is 8.23. The summed E-state index contributed by atoms with van der Waals surface area (Å²) in [5.41, 5.74) is 2.02. The fourth-order valence-electron chi connectivity index (χ4n) is 2.88. The van der Waals surface area contributed by atoms with Crippen LogP contribution in [0.4, 0.5) is 4.79 Å². The Morgan fingerprint density at radius 2 is 2.15 bits per heavy atom. The van der Waals surface area contributed by atoms with Gasteiger partial charge in [-0.15, -0.1) is 0 Å². The Morgan fingerprint density at radius 3 is 2.93 bits per heavy atom. The summed E-state index contributed by atoms with van der Waals surface area (Å²) >= 11 is 0. The van der Waals surface area contributed by atoms with Gasteiger partial charge in [-0.25, -0.2) is 4.79 Å². The van der Waals surface area contributed by atoms with E-state index in [4.69, 9.17) is 9.47 Å². The van der Waals surface area contributed by atoms with Gasteiger partial charge in [0.15, 0.2) is 0 Å². The Kier molecular flexibility index (Phi) is 5.57. The number of nitrogens with zero attached hydrogens (tertiary/aromatic N) is 2. The number of nitriles is 1. The number of benzene rings is 2. The van der Waals surface area contributed by atoms with Gasteiger partial charge < -0.3 is 14.8 Å². The average Bonchev–Trinajstić information content (AvgIpc) is 3.07. The molecule has 138 valence electrons. The fraction of sp³-hybridized carbons (Fsp3) is 0.250. The molecule has 7 nitrogen and oxygen atoms in total. The van der Waals surface area contributed by atoms with E-state index >= 15 is 0 Å². The molecule has 1 N–H and O–H groups in total. The van der Waals surface area contributed by atoms with Gasteiger partial charge in [0.2, 0.25) is 5.91 Å². The average molecular weight is 365 g/mol. The molecule has 3 rings (SSSR count). The van der Waals surface area contributed by atoms with E-state index in [2.05, 4.69) is 11.4 Å². The SMILES string of the molecule is COc1cccc(CNC(=O)[C@@H]2COC(=O)N2Cc2ccccc2C#N)c1. The predicted octanol–water partition coefficient (Wildman–Crippen LogP) is 2.20. The van der Waals surface area contributed by atoms with Crippen LogP contribution in [0.1, 0.15) is 16.7 Å². The zero-order valence-corrected chi connectivity index (χ0v) is 14.8. The van der Waals surface area contributed by atoms with Crippen LogP contribution >= 0.6 is 0 Å². The van der Waals surface area contributed by atoms with Crippen LogP contribution in [0, 0.1) is 11.3 Å². The summed E-state index contributed by atoms with van der Waals surface area (Å²) in [5, 5.41) is 12.0. The molecule has 1 fully saturated rings. The molecule has 1 saturated heterocycles. The molecule has 7 heteroatoms. The Balaban J connectivity index is 1.68. The third-order valence-electron chi connectivity index (χ3n) is 4.36. The lowest BCUT2D eigenvalue weighted by atomic mass is 10.1. The van der Waals surface area contributed by atoms with Crippen LogP contribution < -0.4 is 10.1 Å². The van der Waals surface area contributed by atoms with Gasteiger partial charge in [0.25, 0.3) is 0 Å². The highest BCUT2D eigenvalue weighted by atomic mass is 16.6. The number of amides is 2. The number of methoxy groups -OCH3 is 1. The van der Waals surface area contributed by atoms with Gasteiger partial charge in [-0.2, -0.15) is 5.26 Å². The minimum absolute atomic E-state index is 0.0164. The van der Waals surface area contributed by atoms with E-state index in [9.17, 15) is 14.9 Å². The quantitative estimate of drug-likeness (QED) is 0.847. The van der Waals surface area contributed by atoms with Crippen LogP contribution in [0.5, 0.6) is 5.75 Å². The van der Waals surface area contributed by atoms with Gasteiger partial charge in [-0.3, -0.25) is 9.69 Å². The van der Waals surface area contributed by atoms with E-state index in [0.717, 1.165) is 5.56 Å². The van der Waals surface area contributed by atoms with Crippen molar-refractivity contribution < 1.29 is 19.1 Å². The number of rotatable bonds is 6.